The van der Waals surface area contributed by atoms with Gasteiger partial charge >= 0.3 is 0 Å². The number of nitrogens with two attached hydrogens (primary N) is 1. The van der Waals surface area contributed by atoms with Gasteiger partial charge in [0.1, 0.15) is 6.07 Å². The first kappa shape index (κ1) is 13.5. The second-order valence-electron chi connectivity index (χ2n) is 3.19. The first-order valence-electron chi connectivity index (χ1n) is 4.49. The maximum absolute atomic E-state index is 8.66. The minimum Gasteiger partial charge on any atom is -0.382 e. The van der Waals surface area contributed by atoms with Crippen LogP contribution < -0.4 is 11.2 Å². The van der Waals surface area contributed by atoms with Crippen LogP contribution in [-0.2, 0) is 0 Å². The van der Waals surface area contributed by atoms with Crippen molar-refractivity contribution >= 4 is 44.8 Å². The molecule has 88 valence electrons. The molecule has 0 amide bonds. The molecule has 17 heavy (non-hydrogen) atoms. The minimum atomic E-state index is -0.384. The molecule has 1 rings (SSSR count). The molecule has 0 aliphatic rings. The lowest BCUT2D eigenvalue weighted by Gasteiger charge is -2.06. The molecule has 0 radical (unpaired) electrons. The predicted octanol–water partition coefficient (Wildman–Crippen LogP) is 2.64. The molecule has 0 saturated heterocycles. The molecule has 0 heterocycles. The highest BCUT2D eigenvalue weighted by Gasteiger charge is 2.05. The largest absolute Gasteiger partial charge is 0.382 e. The van der Waals surface area contributed by atoms with Crippen molar-refractivity contribution in [3.63, 3.8) is 0 Å². The molecule has 0 aliphatic heterocycles. The van der Waals surface area contributed by atoms with Gasteiger partial charge in [-0.15, -0.1) is 0 Å². The zero-order valence-corrected chi connectivity index (χ0v) is 11.2. The first-order valence-corrected chi connectivity index (χ1v) is 5.66. The number of nitriles is 1. The smallest absolute Gasteiger partial charge is 0.201 e. The van der Waals surface area contributed by atoms with E-state index < -0.39 is 0 Å². The normalized spacial score (nSPS) is 10.8. The fourth-order valence-electron chi connectivity index (χ4n) is 1.06. The summed E-state index contributed by atoms with van der Waals surface area (Å²) in [7, 11) is 0. The Balaban J connectivity index is 2.98. The van der Waals surface area contributed by atoms with Gasteiger partial charge in [0.25, 0.3) is 0 Å². The van der Waals surface area contributed by atoms with Crippen LogP contribution in [0.15, 0.2) is 21.7 Å². The molecule has 0 aromatic heterocycles. The fourth-order valence-corrected chi connectivity index (χ4v) is 1.73. The van der Waals surface area contributed by atoms with Crippen LogP contribution in [0.2, 0.25) is 5.02 Å². The van der Waals surface area contributed by atoms with Crippen molar-refractivity contribution in [2.75, 3.05) is 5.43 Å². The van der Waals surface area contributed by atoms with Crippen molar-refractivity contribution in [2.24, 2.45) is 10.8 Å². The van der Waals surface area contributed by atoms with Gasteiger partial charge in [-0.1, -0.05) is 11.6 Å². The lowest BCUT2D eigenvalue weighted by atomic mass is 10.2. The molecule has 0 aliphatic carbocycles. The Labute approximate surface area is 112 Å². The van der Waals surface area contributed by atoms with Crippen LogP contribution in [-0.4, -0.2) is 11.5 Å². The molecule has 1 aromatic carbocycles. The number of hydrogen-bond donors (Lipinski definition) is 3. The second kappa shape index (κ2) is 5.66. The number of benzene rings is 1. The first-order chi connectivity index (χ1) is 7.95. The summed E-state index contributed by atoms with van der Waals surface area (Å²) in [6.45, 7) is 1.85. The van der Waals surface area contributed by atoms with Crippen molar-refractivity contribution in [2.45, 2.75) is 6.92 Å². The summed E-state index contributed by atoms with van der Waals surface area (Å²) in [5.74, 6) is -0.384. The van der Waals surface area contributed by atoms with Gasteiger partial charge in [0.15, 0.2) is 5.84 Å². The third-order valence-corrected chi connectivity index (χ3v) is 3.22. The molecule has 0 saturated carbocycles. The van der Waals surface area contributed by atoms with Gasteiger partial charge < -0.3 is 5.73 Å². The lowest BCUT2D eigenvalue weighted by molar-refractivity contribution is 1.31. The van der Waals surface area contributed by atoms with Gasteiger partial charge in [0.05, 0.1) is 10.7 Å². The highest BCUT2D eigenvalue weighted by molar-refractivity contribution is 9.10. The van der Waals surface area contributed by atoms with Crippen molar-refractivity contribution in [3.8, 4) is 6.07 Å². The van der Waals surface area contributed by atoms with Gasteiger partial charge in [-0.3, -0.25) is 10.8 Å². The van der Waals surface area contributed by atoms with E-state index in [0.29, 0.717) is 10.7 Å². The van der Waals surface area contributed by atoms with Gasteiger partial charge in [0.2, 0.25) is 5.71 Å². The van der Waals surface area contributed by atoms with E-state index in [2.05, 4.69) is 26.5 Å². The predicted molar refractivity (Wildman–Crippen MR) is 72.5 cm³/mol. The molecule has 4 N–H and O–H groups in total. The number of nitrogens with zero attached hydrogens (tertiary/aromatic N) is 2. The molecular formula is C10H9BrClN5. The number of hydrazone groups is 1. The van der Waals surface area contributed by atoms with Crippen molar-refractivity contribution < 1.29 is 0 Å². The topological polar surface area (TPSA) is 98.0 Å². The van der Waals surface area contributed by atoms with Crippen LogP contribution >= 0.6 is 27.5 Å². The molecule has 0 unspecified atom stereocenters. The van der Waals surface area contributed by atoms with E-state index in [1.54, 1.807) is 18.2 Å². The summed E-state index contributed by atoms with van der Waals surface area (Å²) >= 11 is 9.27. The van der Waals surface area contributed by atoms with E-state index in [0.717, 1.165) is 10.0 Å². The van der Waals surface area contributed by atoms with Crippen LogP contribution in [0, 0.1) is 23.7 Å². The van der Waals surface area contributed by atoms with Crippen molar-refractivity contribution in [1.29, 1.82) is 10.7 Å². The third kappa shape index (κ3) is 3.44. The molecule has 7 heteroatoms. The molecule has 1 aromatic rings. The minimum absolute atomic E-state index is 0.172. The quantitative estimate of drug-likeness (QED) is 0.454. The number of amidine groups is 1. The molecular weight excluding hydrogens is 306 g/mol. The van der Waals surface area contributed by atoms with Gasteiger partial charge in [0, 0.05) is 4.47 Å². The van der Waals surface area contributed by atoms with E-state index in [9.17, 15) is 0 Å². The Bertz CT molecular complexity index is 509. The monoisotopic (exact) mass is 313 g/mol. The van der Waals surface area contributed by atoms with E-state index >= 15 is 0 Å². The van der Waals surface area contributed by atoms with Crippen LogP contribution in [0.5, 0.6) is 0 Å². The molecule has 5 nitrogen and oxygen atoms in total. The highest BCUT2D eigenvalue weighted by atomic mass is 79.9. The average Bonchev–Trinajstić information content (AvgIpc) is 2.26. The molecule has 0 atom stereocenters. The van der Waals surface area contributed by atoms with Gasteiger partial charge in [-0.2, -0.15) is 10.4 Å². The van der Waals surface area contributed by atoms with Crippen molar-refractivity contribution in [3.05, 3.63) is 27.2 Å². The summed E-state index contributed by atoms with van der Waals surface area (Å²) in [5.41, 5.74) is 9.13. The van der Waals surface area contributed by atoms with Crippen LogP contribution in [0.3, 0.4) is 0 Å². The zero-order chi connectivity index (χ0) is 13.0. The van der Waals surface area contributed by atoms with Gasteiger partial charge in [-0.05, 0) is 40.5 Å². The van der Waals surface area contributed by atoms with E-state index in [1.807, 2.05) is 6.92 Å². The second-order valence-corrected chi connectivity index (χ2v) is 4.42. The third-order valence-electron chi connectivity index (χ3n) is 1.87. The van der Waals surface area contributed by atoms with Crippen LogP contribution in [0.1, 0.15) is 5.56 Å². The summed E-state index contributed by atoms with van der Waals surface area (Å²) in [6.07, 6.45) is 0. The molecule has 0 bridgehead atoms. The number of nitrogens with one attached hydrogen (secondary N) is 2. The summed E-state index contributed by atoms with van der Waals surface area (Å²) in [6, 6.07) is 5.20. The maximum atomic E-state index is 8.66. The lowest BCUT2D eigenvalue weighted by Crippen LogP contribution is -2.21. The van der Waals surface area contributed by atoms with Gasteiger partial charge in [-0.25, -0.2) is 0 Å². The highest BCUT2D eigenvalue weighted by Crippen LogP contribution is 2.29. The molecule has 0 spiro atoms. The van der Waals surface area contributed by atoms with E-state index in [1.165, 1.54) is 0 Å². The van der Waals surface area contributed by atoms with Crippen LogP contribution in [0.4, 0.5) is 5.69 Å². The Morgan fingerprint density at radius 3 is 2.76 bits per heavy atom. The number of anilines is 1. The summed E-state index contributed by atoms with van der Waals surface area (Å²) < 4.78 is 0.721. The Kier molecular flexibility index (Phi) is 4.49. The summed E-state index contributed by atoms with van der Waals surface area (Å²) in [5, 5.41) is 20.1. The molecule has 0 fully saturated rings. The number of rotatable bonds is 3. The van der Waals surface area contributed by atoms with E-state index in [4.69, 9.17) is 28.0 Å². The average molecular weight is 315 g/mol. The maximum Gasteiger partial charge on any atom is 0.201 e. The zero-order valence-electron chi connectivity index (χ0n) is 8.88. The van der Waals surface area contributed by atoms with Crippen molar-refractivity contribution in [1.82, 2.24) is 0 Å². The Morgan fingerprint density at radius 2 is 2.29 bits per heavy atom. The Morgan fingerprint density at radius 1 is 1.65 bits per heavy atom. The number of aryl methyl sites for hydroxylation is 1. The number of hydrogen-bond acceptors (Lipinski definition) is 4. The fraction of sp³-hybridized carbons (Fsp3) is 0.100. The Hall–Kier alpha value is -1.58. The summed E-state index contributed by atoms with van der Waals surface area (Å²) in [4.78, 5) is 0. The SMILES string of the molecule is Cc1cc(N/N=C(\C#N)C(=N)N)cc(Br)c1Cl. The number of halogens is 2. The standard InChI is InChI=1S/C10H9BrClN5/c1-5-2-6(3-7(11)9(5)12)16-17-8(4-13)10(14)15/h2-3,16H,1H3,(H3,14,15)/b17-8+. The van der Waals surface area contributed by atoms with Crippen LogP contribution in [0.25, 0.3) is 0 Å². The van der Waals surface area contributed by atoms with E-state index in [-0.39, 0.29) is 11.5 Å².